The van der Waals surface area contributed by atoms with E-state index in [9.17, 15) is 48.5 Å². The molecule has 8 aromatic carbocycles. The lowest BCUT2D eigenvalue weighted by Crippen LogP contribution is -2.51. The zero-order valence-electron chi connectivity index (χ0n) is 81.2. The van der Waals surface area contributed by atoms with E-state index in [1.54, 1.807) is 12.1 Å². The average molecular weight is 1970 g/mol. The Kier molecular flexibility index (Phi) is 43.5. The predicted octanol–water partition coefficient (Wildman–Crippen LogP) is 23.7. The van der Waals surface area contributed by atoms with E-state index in [1.165, 1.54) is 275 Å². The van der Waals surface area contributed by atoms with Crippen LogP contribution in [-0.4, -0.2) is 177 Å². The van der Waals surface area contributed by atoms with Crippen molar-refractivity contribution in [3.63, 3.8) is 0 Å². The molecular formula is C116H150NO12S7+7. The summed E-state index contributed by atoms with van der Waals surface area (Å²) in [5, 5.41) is 19.4. The second-order valence-corrected chi connectivity index (χ2v) is 56.1. The van der Waals surface area contributed by atoms with Crippen LogP contribution < -0.4 is 4.74 Å². The van der Waals surface area contributed by atoms with E-state index >= 15 is 0 Å². The number of carbonyl (C=O) groups is 8. The van der Waals surface area contributed by atoms with Gasteiger partial charge in [0.2, 0.25) is 40.5 Å². The minimum atomic E-state index is -0.451. The molecule has 8 aromatic rings. The van der Waals surface area contributed by atoms with Crippen molar-refractivity contribution in [3.8, 4) is 16.9 Å². The first-order valence-corrected chi connectivity index (χ1v) is 63.2. The second kappa shape index (κ2) is 55.8. The number of ketones is 7. The standard InChI is InChI=1S/C23H29O3S.C18H25OS.C18H19OS.2C16H23OS.C13H17O2S.C12H14NO3S/c24-21(15-27-7-1-2-8-27)19-3-5-20(6-4-19)26-22(25)23-12-16-9-17(13-23)11-18(10-16)14-23;2*19-18(14-20-12-4-5-13-20)17-10-8-16(9-11-17)15-6-2-1-3-7-15;1-13(2)11-14-5-7-15(8-6-14)16(17)12-18-9-3-4-10-18;1-2-3-6-14-7-9-15(10-8-14)16(17)13-18-11-4-5-12-18;14-9-11-3-5-12(6-4-11)13(15)10-16-7-1-2-8-16;14-12(9-17-7-1-2-8-17)10-3-5-11(6-4-10)13(15)16/h3-6,16-18H,1-2,7-15H2;8-11,15H,1-7,12-14H2;1-3,6-11H,4-5,12-14H2;5-8,13H,3-4,9-12H2,1-2H3;7-10H,2-6,11-13H2,1H3;3-6,14H,1-2,7-10H2;3-6H,1-2,7-9H2/q7*+1. The number of unbranched alkanes of at least 4 members (excludes halogenated alkanes) is 1. The molecule has 7 aliphatic heterocycles. The van der Waals surface area contributed by atoms with Gasteiger partial charge in [0.25, 0.3) is 5.69 Å². The number of nitro benzene ring substituents is 1. The monoisotopic (exact) mass is 1970 g/mol. The Hall–Kier alpha value is -7.27. The van der Waals surface area contributed by atoms with Crippen LogP contribution in [0.1, 0.15) is 295 Å². The number of nitrogens with zero attached hydrogens (tertiary/aromatic N) is 1. The van der Waals surface area contributed by atoms with Gasteiger partial charge >= 0.3 is 5.97 Å². The number of rotatable bonds is 32. The molecule has 7 saturated heterocycles. The molecule has 20 heteroatoms. The Morgan fingerprint density at radius 3 is 0.956 bits per heavy atom. The molecule has 136 heavy (non-hydrogen) atoms. The van der Waals surface area contributed by atoms with E-state index in [2.05, 4.69) is 93.6 Å². The van der Waals surface area contributed by atoms with E-state index in [4.69, 9.17) is 9.84 Å². The Bertz CT molecular complexity index is 5020. The van der Waals surface area contributed by atoms with Gasteiger partial charge in [-0.2, -0.15) is 0 Å². The van der Waals surface area contributed by atoms with Crippen molar-refractivity contribution in [2.45, 2.75) is 219 Å². The van der Waals surface area contributed by atoms with Crippen LogP contribution in [0.4, 0.5) is 5.69 Å². The Morgan fingerprint density at radius 2 is 0.647 bits per heavy atom. The number of aliphatic hydroxyl groups is 1. The molecule has 0 spiro atoms. The van der Waals surface area contributed by atoms with E-state index in [0.717, 1.165) is 123 Å². The van der Waals surface area contributed by atoms with E-state index in [-0.39, 0.29) is 62.8 Å². The lowest BCUT2D eigenvalue weighted by atomic mass is 9.49. The third-order valence-electron chi connectivity index (χ3n) is 28.5. The fraction of sp³-hybridized carbons (Fsp3) is 0.517. The Balaban J connectivity index is 0.000000135. The van der Waals surface area contributed by atoms with Crippen molar-refractivity contribution in [1.82, 2.24) is 0 Å². The molecule has 5 aliphatic carbocycles. The quantitative estimate of drug-likeness (QED) is 0.0104. The molecule has 5 saturated carbocycles. The molecule has 7 heterocycles. The highest BCUT2D eigenvalue weighted by atomic mass is 32.2. The van der Waals surface area contributed by atoms with Crippen molar-refractivity contribution in [1.29, 1.82) is 0 Å². The summed E-state index contributed by atoms with van der Waals surface area (Å²) in [5.74, 6) is 28.7. The topological polar surface area (TPSA) is 209 Å². The van der Waals surface area contributed by atoms with Crippen LogP contribution in [0, 0.1) is 39.2 Å². The lowest BCUT2D eigenvalue weighted by molar-refractivity contribution is -0.384. The molecule has 0 atom stereocenters. The highest BCUT2D eigenvalue weighted by molar-refractivity contribution is 7.99. The molecule has 0 amide bonds. The van der Waals surface area contributed by atoms with Gasteiger partial charge in [0.15, 0.2) is 40.3 Å². The number of hydrogen-bond acceptors (Lipinski definition) is 12. The van der Waals surface area contributed by atoms with Gasteiger partial charge in [0.1, 0.15) is 86.3 Å². The minimum absolute atomic E-state index is 0.0203. The fourth-order valence-electron chi connectivity index (χ4n) is 21.1. The maximum atomic E-state index is 13.0. The normalized spacial score (nSPS) is 20.5. The Labute approximate surface area is 832 Å². The molecule has 1 N–H and O–H groups in total. The van der Waals surface area contributed by atoms with Crippen molar-refractivity contribution >= 4 is 128 Å². The van der Waals surface area contributed by atoms with Crippen molar-refractivity contribution in [2.24, 2.45) is 29.1 Å². The summed E-state index contributed by atoms with van der Waals surface area (Å²) >= 11 is 0. The van der Waals surface area contributed by atoms with Crippen LogP contribution in [0.25, 0.3) is 11.1 Å². The summed E-state index contributed by atoms with van der Waals surface area (Å²) in [6, 6.07) is 64.0. The first-order chi connectivity index (χ1) is 66.1. The minimum Gasteiger partial charge on any atom is -0.426 e. The van der Waals surface area contributed by atoms with Crippen LogP contribution in [0.5, 0.6) is 5.75 Å². The number of aryl methyl sites for hydroxylation is 1. The molecule has 726 valence electrons. The number of esters is 1. The largest absolute Gasteiger partial charge is 0.426 e. The van der Waals surface area contributed by atoms with Gasteiger partial charge < -0.3 is 9.84 Å². The van der Waals surface area contributed by atoms with Gasteiger partial charge in [-0.1, -0.05) is 198 Å². The van der Waals surface area contributed by atoms with Crippen LogP contribution >= 0.6 is 0 Å². The van der Waals surface area contributed by atoms with Gasteiger partial charge in [-0.05, 0) is 336 Å². The van der Waals surface area contributed by atoms with Crippen LogP contribution in [0.3, 0.4) is 0 Å². The van der Waals surface area contributed by atoms with Crippen molar-refractivity contribution < 1.29 is 53.1 Å². The first-order valence-electron chi connectivity index (χ1n) is 51.1. The number of benzene rings is 8. The third kappa shape index (κ3) is 34.0. The van der Waals surface area contributed by atoms with E-state index in [0.29, 0.717) is 106 Å². The summed E-state index contributed by atoms with van der Waals surface area (Å²) in [7, 11) is 2.36. The number of hydrogen-bond donors (Lipinski definition) is 1. The maximum Gasteiger partial charge on any atom is 0.317 e. The molecule has 13 nitrogen and oxygen atoms in total. The number of Topliss-reactive ketones (excluding diaryl/α,β-unsaturated/α-hetero) is 7. The number of non-ortho nitro benzene ring substituents is 1. The molecule has 0 radical (unpaired) electrons. The SMILES string of the molecule is CC(C)Cc1ccc(C(=O)C[S+]2CCCC2)cc1.CCCCc1ccc(C(=O)C[S+]2CCCC2)cc1.O=C(C[S+]1CCCC1)c1ccc(-c2ccccc2)cc1.O=C(C[S+]1CCCC1)c1ccc(C2CCCCC2)cc1.O=C(C[S+]1CCCC1)c1ccc(CO)cc1.O=C(C[S+]1CCCC1)c1ccc(OC(=O)C23CC4CC(CC(C4)C2)C3)cc1.O=C(C[S+]1CCCC1)c1ccc([N+](=O)[O-])cc1. The first kappa shape index (κ1) is 106. The van der Waals surface area contributed by atoms with Gasteiger partial charge in [-0.3, -0.25) is 48.5 Å². The summed E-state index contributed by atoms with van der Waals surface area (Å²) < 4.78 is 5.82. The lowest BCUT2D eigenvalue weighted by Gasteiger charge is -2.55. The fourth-order valence-corrected chi connectivity index (χ4v) is 36.9. The van der Waals surface area contributed by atoms with Gasteiger partial charge in [0.05, 0.1) is 16.9 Å². The van der Waals surface area contributed by atoms with Crippen LogP contribution in [0.2, 0.25) is 0 Å². The summed E-state index contributed by atoms with van der Waals surface area (Å²) in [6.07, 6.45) is 36.7. The zero-order valence-corrected chi connectivity index (χ0v) is 87.0. The van der Waals surface area contributed by atoms with Crippen LogP contribution in [-0.2, 0) is 101 Å². The third-order valence-corrected chi connectivity index (χ3v) is 45.3. The summed E-state index contributed by atoms with van der Waals surface area (Å²) in [6.45, 7) is 6.69. The molecule has 20 rings (SSSR count). The van der Waals surface area contributed by atoms with Gasteiger partial charge in [0, 0.05) is 51.1 Å². The van der Waals surface area contributed by atoms with Gasteiger partial charge in [-0.15, -0.1) is 0 Å². The van der Waals surface area contributed by atoms with Crippen molar-refractivity contribution in [3.05, 3.63) is 272 Å². The second-order valence-electron chi connectivity index (χ2n) is 39.8. The maximum absolute atomic E-state index is 13.0. The molecule has 12 fully saturated rings. The molecule has 0 unspecified atom stereocenters. The molecule has 0 aromatic heterocycles. The predicted molar refractivity (Wildman–Crippen MR) is 581 cm³/mol. The number of ether oxygens (including phenoxy) is 1. The van der Waals surface area contributed by atoms with E-state index < -0.39 is 4.92 Å². The average Bonchev–Trinajstić information content (AvgIpc) is 0.787. The summed E-state index contributed by atoms with van der Waals surface area (Å²) in [5.41, 5.74) is 12.9. The number of nitro groups is 1. The number of aliphatic hydroxyl groups excluding tert-OH is 1. The Morgan fingerprint density at radius 1 is 0.360 bits per heavy atom. The molecule has 12 aliphatic rings. The highest BCUT2D eigenvalue weighted by Crippen LogP contribution is 2.60. The molecular weight excluding hydrogens is 1820 g/mol. The van der Waals surface area contributed by atoms with Gasteiger partial charge in [-0.25, -0.2) is 0 Å². The van der Waals surface area contributed by atoms with E-state index in [1.807, 2.05) is 103 Å². The number of carbonyl (C=O) groups excluding carboxylic acids is 8. The van der Waals surface area contributed by atoms with Crippen LogP contribution in [0.15, 0.2) is 200 Å². The van der Waals surface area contributed by atoms with Crippen molar-refractivity contribution in [2.75, 3.05) is 121 Å². The highest BCUT2D eigenvalue weighted by Gasteiger charge is 2.56. The zero-order chi connectivity index (χ0) is 95.4. The smallest absolute Gasteiger partial charge is 0.317 e. The molecule has 4 bridgehead atoms. The summed E-state index contributed by atoms with van der Waals surface area (Å²) in [4.78, 5) is 108.